The molecule has 1 aromatic heterocycles. The number of hydrogen-bond donors (Lipinski definition) is 2. The molecule has 1 aliphatic rings. The number of hydrogen-bond acceptors (Lipinski definition) is 5. The maximum absolute atomic E-state index is 11.4. The summed E-state index contributed by atoms with van der Waals surface area (Å²) in [6.45, 7) is 2.41. The van der Waals surface area contributed by atoms with E-state index in [1.807, 2.05) is 25.1 Å². The van der Waals surface area contributed by atoms with Gasteiger partial charge >= 0.3 is 5.97 Å². The lowest BCUT2D eigenvalue weighted by Crippen LogP contribution is -2.11. The molecule has 0 spiro atoms. The molecule has 0 unspecified atom stereocenters. The number of ether oxygens (including phenoxy) is 1. The number of anilines is 1. The molecule has 7 heteroatoms. The molecule has 24 heavy (non-hydrogen) atoms. The number of methoxy groups -OCH3 is 1. The molecule has 2 N–H and O–H groups in total. The zero-order chi connectivity index (χ0) is 17.3. The Balaban J connectivity index is 1.88. The third kappa shape index (κ3) is 3.43. The lowest BCUT2D eigenvalue weighted by molar-refractivity contribution is 0.0690. The van der Waals surface area contributed by atoms with E-state index in [9.17, 15) is 9.90 Å². The summed E-state index contributed by atoms with van der Waals surface area (Å²) in [5.41, 5.74) is 1.87. The topological polar surface area (TPSA) is 84.3 Å². The highest BCUT2D eigenvalue weighted by atomic mass is 35.5. The van der Waals surface area contributed by atoms with E-state index in [0.29, 0.717) is 18.2 Å². The summed E-state index contributed by atoms with van der Waals surface area (Å²) >= 11 is 6.17. The molecule has 1 heterocycles. The first-order chi connectivity index (χ1) is 11.5. The van der Waals surface area contributed by atoms with Crippen molar-refractivity contribution >= 4 is 23.4 Å². The predicted molar refractivity (Wildman–Crippen MR) is 91.0 cm³/mol. The van der Waals surface area contributed by atoms with Crippen molar-refractivity contribution in [1.29, 1.82) is 0 Å². The van der Waals surface area contributed by atoms with Crippen LogP contribution in [0, 0.1) is 6.92 Å². The summed E-state index contributed by atoms with van der Waals surface area (Å²) in [5, 5.41) is 12.4. The van der Waals surface area contributed by atoms with E-state index in [-0.39, 0.29) is 16.6 Å². The third-order valence-electron chi connectivity index (χ3n) is 3.90. The first-order valence-electron chi connectivity index (χ1n) is 7.67. The Labute approximate surface area is 144 Å². The Morgan fingerprint density at radius 1 is 1.42 bits per heavy atom. The summed E-state index contributed by atoms with van der Waals surface area (Å²) < 4.78 is 5.38. The van der Waals surface area contributed by atoms with Crippen LogP contribution >= 0.6 is 11.6 Å². The van der Waals surface area contributed by atoms with Gasteiger partial charge in [-0.1, -0.05) is 23.7 Å². The number of carboxylic acid groups (broad SMARTS) is 1. The monoisotopic (exact) mass is 347 g/mol. The number of rotatable bonds is 6. The quantitative estimate of drug-likeness (QED) is 0.830. The zero-order valence-corrected chi connectivity index (χ0v) is 14.2. The highest BCUT2D eigenvalue weighted by Crippen LogP contribution is 2.39. The van der Waals surface area contributed by atoms with Crippen LogP contribution in [0.1, 0.15) is 46.2 Å². The average molecular weight is 348 g/mol. The van der Waals surface area contributed by atoms with Crippen molar-refractivity contribution in [1.82, 2.24) is 9.97 Å². The first-order valence-corrected chi connectivity index (χ1v) is 8.05. The fourth-order valence-electron chi connectivity index (χ4n) is 2.42. The van der Waals surface area contributed by atoms with Crippen LogP contribution in [0.15, 0.2) is 18.2 Å². The SMILES string of the molecule is COc1cc(C)ccc1CNc1nc(C2CC2)nc(C(=O)O)c1Cl. The fraction of sp³-hybridized carbons (Fsp3) is 0.353. The number of nitrogens with one attached hydrogen (secondary N) is 1. The Bertz CT molecular complexity index is 791. The molecule has 0 aliphatic heterocycles. The van der Waals surface area contributed by atoms with Crippen LogP contribution in [0.3, 0.4) is 0 Å². The minimum atomic E-state index is -1.15. The molecular formula is C17H18ClN3O3. The molecule has 0 radical (unpaired) electrons. The van der Waals surface area contributed by atoms with E-state index in [4.69, 9.17) is 16.3 Å². The number of benzene rings is 1. The van der Waals surface area contributed by atoms with Crippen molar-refractivity contribution in [2.75, 3.05) is 12.4 Å². The maximum Gasteiger partial charge on any atom is 0.356 e. The molecular weight excluding hydrogens is 330 g/mol. The summed E-state index contributed by atoms with van der Waals surface area (Å²) in [6.07, 6.45) is 1.96. The van der Waals surface area contributed by atoms with Crippen molar-refractivity contribution in [3.63, 3.8) is 0 Å². The van der Waals surface area contributed by atoms with Crippen LogP contribution in [0.25, 0.3) is 0 Å². The Morgan fingerprint density at radius 2 is 2.17 bits per heavy atom. The van der Waals surface area contributed by atoms with Gasteiger partial charge in [-0.3, -0.25) is 0 Å². The fourth-order valence-corrected chi connectivity index (χ4v) is 2.66. The molecule has 1 aliphatic carbocycles. The Kier molecular flexibility index (Phi) is 4.57. The summed E-state index contributed by atoms with van der Waals surface area (Å²) in [7, 11) is 1.61. The van der Waals surface area contributed by atoms with Crippen LogP contribution in [0.2, 0.25) is 5.02 Å². The minimum Gasteiger partial charge on any atom is -0.496 e. The van der Waals surface area contributed by atoms with Gasteiger partial charge in [0.2, 0.25) is 0 Å². The van der Waals surface area contributed by atoms with Crippen LogP contribution in [-0.2, 0) is 6.54 Å². The van der Waals surface area contributed by atoms with E-state index in [1.54, 1.807) is 7.11 Å². The van der Waals surface area contributed by atoms with Crippen LogP contribution in [0.4, 0.5) is 5.82 Å². The van der Waals surface area contributed by atoms with E-state index >= 15 is 0 Å². The number of aromatic nitrogens is 2. The van der Waals surface area contributed by atoms with Gasteiger partial charge in [-0.15, -0.1) is 0 Å². The highest BCUT2D eigenvalue weighted by Gasteiger charge is 2.29. The molecule has 0 saturated heterocycles. The smallest absolute Gasteiger partial charge is 0.356 e. The molecule has 1 saturated carbocycles. The van der Waals surface area contributed by atoms with Crippen molar-refractivity contribution < 1.29 is 14.6 Å². The summed E-state index contributed by atoms with van der Waals surface area (Å²) in [4.78, 5) is 19.9. The van der Waals surface area contributed by atoms with Gasteiger partial charge < -0.3 is 15.2 Å². The van der Waals surface area contributed by atoms with Gasteiger partial charge in [-0.2, -0.15) is 0 Å². The van der Waals surface area contributed by atoms with Gasteiger partial charge in [0.25, 0.3) is 0 Å². The second-order valence-electron chi connectivity index (χ2n) is 5.84. The van der Waals surface area contributed by atoms with Crippen molar-refractivity contribution in [3.8, 4) is 5.75 Å². The Hall–Kier alpha value is -2.34. The van der Waals surface area contributed by atoms with Gasteiger partial charge in [0.1, 0.15) is 22.4 Å². The minimum absolute atomic E-state index is 0.0259. The number of aryl methyl sites for hydroxylation is 1. The summed E-state index contributed by atoms with van der Waals surface area (Å²) in [6, 6.07) is 5.88. The number of nitrogens with zero attached hydrogens (tertiary/aromatic N) is 2. The molecule has 0 bridgehead atoms. The van der Waals surface area contributed by atoms with Gasteiger partial charge in [0.15, 0.2) is 5.69 Å². The van der Waals surface area contributed by atoms with Gasteiger partial charge in [0.05, 0.1) is 7.11 Å². The molecule has 126 valence electrons. The van der Waals surface area contributed by atoms with E-state index in [2.05, 4.69) is 15.3 Å². The number of aromatic carboxylic acids is 1. The first kappa shape index (κ1) is 16.5. The highest BCUT2D eigenvalue weighted by molar-refractivity contribution is 6.35. The predicted octanol–water partition coefficient (Wildman–Crippen LogP) is 3.63. The largest absolute Gasteiger partial charge is 0.496 e. The molecule has 0 amide bonds. The van der Waals surface area contributed by atoms with Crippen LogP contribution < -0.4 is 10.1 Å². The lowest BCUT2D eigenvalue weighted by Gasteiger charge is -2.13. The standard InChI is InChI=1S/C17H18ClN3O3/c1-9-3-4-11(12(7-9)24-2)8-19-16-13(18)14(17(22)23)20-15(21-16)10-5-6-10/h3-4,7,10H,5-6,8H2,1-2H3,(H,22,23)(H,19,20,21). The molecule has 0 atom stereocenters. The zero-order valence-electron chi connectivity index (χ0n) is 13.5. The van der Waals surface area contributed by atoms with E-state index in [0.717, 1.165) is 29.7 Å². The van der Waals surface area contributed by atoms with Crippen LogP contribution in [-0.4, -0.2) is 28.2 Å². The normalized spacial score (nSPS) is 13.6. The maximum atomic E-state index is 11.4. The number of halogens is 1. The second kappa shape index (κ2) is 6.65. The molecule has 2 aromatic rings. The molecule has 6 nitrogen and oxygen atoms in total. The molecule has 1 aromatic carbocycles. The second-order valence-corrected chi connectivity index (χ2v) is 6.22. The average Bonchev–Trinajstić information content (AvgIpc) is 3.39. The van der Waals surface area contributed by atoms with Gasteiger partial charge in [-0.25, -0.2) is 14.8 Å². The van der Waals surface area contributed by atoms with E-state index < -0.39 is 5.97 Å². The molecule has 3 rings (SSSR count). The third-order valence-corrected chi connectivity index (χ3v) is 4.26. The van der Waals surface area contributed by atoms with Crippen molar-refractivity contribution in [2.45, 2.75) is 32.2 Å². The Morgan fingerprint density at radius 3 is 2.79 bits per heavy atom. The van der Waals surface area contributed by atoms with Crippen LogP contribution in [0.5, 0.6) is 5.75 Å². The number of carbonyl (C=O) groups is 1. The van der Waals surface area contributed by atoms with Gasteiger partial charge in [-0.05, 0) is 31.4 Å². The molecule has 1 fully saturated rings. The van der Waals surface area contributed by atoms with Crippen molar-refractivity contribution in [3.05, 3.63) is 45.9 Å². The summed E-state index contributed by atoms with van der Waals surface area (Å²) in [5.74, 6) is 0.715. The number of carboxylic acids is 1. The van der Waals surface area contributed by atoms with Gasteiger partial charge in [0, 0.05) is 18.0 Å². The van der Waals surface area contributed by atoms with E-state index in [1.165, 1.54) is 0 Å². The van der Waals surface area contributed by atoms with Crippen molar-refractivity contribution in [2.24, 2.45) is 0 Å². The lowest BCUT2D eigenvalue weighted by atomic mass is 10.1.